The van der Waals surface area contributed by atoms with Crippen molar-refractivity contribution >= 4 is 28.1 Å². The quantitative estimate of drug-likeness (QED) is 0.462. The summed E-state index contributed by atoms with van der Waals surface area (Å²) in [5.41, 5.74) is 3.72. The highest BCUT2D eigenvalue weighted by molar-refractivity contribution is 7.15. The molecule has 29 heavy (non-hydrogen) atoms. The molecule has 0 amide bonds. The first kappa shape index (κ1) is 17.3. The third-order valence-electron chi connectivity index (χ3n) is 4.44. The molecule has 1 N–H and O–H groups in total. The van der Waals surface area contributed by atoms with Gasteiger partial charge in [0.15, 0.2) is 5.82 Å². The van der Waals surface area contributed by atoms with Gasteiger partial charge < -0.3 is 10.1 Å². The molecular weight excluding hydrogens is 384 g/mol. The zero-order chi connectivity index (χ0) is 19.6. The maximum Gasteiger partial charge on any atom is 0.249 e. The van der Waals surface area contributed by atoms with Crippen molar-refractivity contribution in [2.24, 2.45) is 0 Å². The largest absolute Gasteiger partial charge is 0.496 e. The molecule has 0 unspecified atom stereocenters. The maximum atomic E-state index is 5.48. The SMILES string of the molecule is COc1ccccc1-c1csc2nc(Nc3ccc(-c4ccccc4)nn3)nn12. The summed E-state index contributed by atoms with van der Waals surface area (Å²) >= 11 is 1.52. The van der Waals surface area contributed by atoms with Crippen molar-refractivity contribution in [3.8, 4) is 28.3 Å². The molecular formula is C21H16N6OS. The second-order valence-electron chi connectivity index (χ2n) is 6.25. The van der Waals surface area contributed by atoms with Crippen LogP contribution in [0, 0.1) is 0 Å². The minimum Gasteiger partial charge on any atom is -0.496 e. The average molecular weight is 400 g/mol. The molecule has 7 nitrogen and oxygen atoms in total. The van der Waals surface area contributed by atoms with E-state index in [1.165, 1.54) is 11.3 Å². The monoisotopic (exact) mass is 400 g/mol. The third kappa shape index (κ3) is 3.30. The van der Waals surface area contributed by atoms with Crippen molar-refractivity contribution < 1.29 is 4.74 Å². The number of aromatic nitrogens is 5. The van der Waals surface area contributed by atoms with Gasteiger partial charge in [0.1, 0.15) is 5.75 Å². The van der Waals surface area contributed by atoms with Crippen LogP contribution < -0.4 is 10.1 Å². The number of hydrogen-bond acceptors (Lipinski definition) is 7. The summed E-state index contributed by atoms with van der Waals surface area (Å²) in [6.07, 6.45) is 0. The molecule has 0 aliphatic heterocycles. The molecule has 8 heteroatoms. The summed E-state index contributed by atoms with van der Waals surface area (Å²) in [5.74, 6) is 1.84. The van der Waals surface area contributed by atoms with Gasteiger partial charge in [0.2, 0.25) is 10.9 Å². The van der Waals surface area contributed by atoms with Crippen LogP contribution in [-0.2, 0) is 0 Å². The molecule has 0 aliphatic rings. The van der Waals surface area contributed by atoms with Crippen molar-refractivity contribution in [1.82, 2.24) is 24.8 Å². The summed E-state index contributed by atoms with van der Waals surface area (Å²) in [4.78, 5) is 5.32. The Bertz CT molecular complexity index is 1260. The second-order valence-corrected chi connectivity index (χ2v) is 7.08. The number of benzene rings is 2. The smallest absolute Gasteiger partial charge is 0.249 e. The molecule has 2 aromatic carbocycles. The highest BCUT2D eigenvalue weighted by atomic mass is 32.1. The molecule has 0 saturated heterocycles. The van der Waals surface area contributed by atoms with Gasteiger partial charge >= 0.3 is 0 Å². The lowest BCUT2D eigenvalue weighted by molar-refractivity contribution is 0.416. The zero-order valence-electron chi connectivity index (χ0n) is 15.5. The summed E-state index contributed by atoms with van der Waals surface area (Å²) < 4.78 is 7.28. The highest BCUT2D eigenvalue weighted by Crippen LogP contribution is 2.32. The fraction of sp³-hybridized carbons (Fsp3) is 0.0476. The molecule has 142 valence electrons. The Hall–Kier alpha value is -3.78. The number of rotatable bonds is 5. The van der Waals surface area contributed by atoms with E-state index in [4.69, 9.17) is 4.74 Å². The van der Waals surface area contributed by atoms with Crippen molar-refractivity contribution in [2.75, 3.05) is 12.4 Å². The van der Waals surface area contributed by atoms with Gasteiger partial charge in [0.05, 0.1) is 18.5 Å². The Morgan fingerprint density at radius 2 is 1.76 bits per heavy atom. The number of thiazole rings is 1. The summed E-state index contributed by atoms with van der Waals surface area (Å²) in [5, 5.41) is 18.3. The van der Waals surface area contributed by atoms with Crippen LogP contribution in [0.3, 0.4) is 0 Å². The van der Waals surface area contributed by atoms with E-state index in [9.17, 15) is 0 Å². The predicted molar refractivity (Wildman–Crippen MR) is 114 cm³/mol. The standard InChI is InChI=1S/C21H16N6OS/c1-28-18-10-6-5-9-15(18)17-13-29-21-23-20(26-27(17)21)22-19-12-11-16(24-25-19)14-7-3-2-4-8-14/h2-13H,1H3,(H,22,25,26). The summed E-state index contributed by atoms with van der Waals surface area (Å²) in [7, 11) is 1.66. The molecule has 0 fully saturated rings. The lowest BCUT2D eigenvalue weighted by atomic mass is 10.1. The highest BCUT2D eigenvalue weighted by Gasteiger charge is 2.15. The first-order valence-corrected chi connectivity index (χ1v) is 9.83. The van der Waals surface area contributed by atoms with Gasteiger partial charge in [0.25, 0.3) is 0 Å². The van der Waals surface area contributed by atoms with Gasteiger partial charge in [0, 0.05) is 16.5 Å². The van der Waals surface area contributed by atoms with Crippen LogP contribution in [0.5, 0.6) is 5.75 Å². The fourth-order valence-corrected chi connectivity index (χ4v) is 3.87. The van der Waals surface area contributed by atoms with Crippen molar-refractivity contribution in [3.05, 3.63) is 72.1 Å². The van der Waals surface area contributed by atoms with Gasteiger partial charge in [-0.2, -0.15) is 4.98 Å². The van der Waals surface area contributed by atoms with Gasteiger partial charge in [-0.1, -0.05) is 42.5 Å². The lowest BCUT2D eigenvalue weighted by Gasteiger charge is -2.06. The Labute approximate surface area is 170 Å². The number of methoxy groups -OCH3 is 1. The van der Waals surface area contributed by atoms with Crippen LogP contribution >= 0.6 is 11.3 Å². The second kappa shape index (κ2) is 7.33. The normalized spacial score (nSPS) is 10.9. The summed E-state index contributed by atoms with van der Waals surface area (Å²) in [6.45, 7) is 0. The van der Waals surface area contributed by atoms with Gasteiger partial charge in [-0.15, -0.1) is 26.6 Å². The third-order valence-corrected chi connectivity index (χ3v) is 5.25. The molecule has 0 radical (unpaired) electrons. The molecule has 0 saturated carbocycles. The van der Waals surface area contributed by atoms with Gasteiger partial charge in [-0.3, -0.25) is 0 Å². The number of nitrogens with zero attached hydrogens (tertiary/aromatic N) is 5. The molecule has 3 heterocycles. The van der Waals surface area contributed by atoms with Crippen molar-refractivity contribution in [3.63, 3.8) is 0 Å². The topological polar surface area (TPSA) is 77.2 Å². The number of anilines is 2. The lowest BCUT2D eigenvalue weighted by Crippen LogP contribution is -1.99. The van der Waals surface area contributed by atoms with E-state index < -0.39 is 0 Å². The Morgan fingerprint density at radius 3 is 2.55 bits per heavy atom. The van der Waals surface area contributed by atoms with E-state index in [1.807, 2.05) is 72.1 Å². The van der Waals surface area contributed by atoms with Crippen molar-refractivity contribution in [2.45, 2.75) is 0 Å². The van der Waals surface area contributed by atoms with Crippen LogP contribution in [0.2, 0.25) is 0 Å². The molecule has 0 atom stereocenters. The first-order chi connectivity index (χ1) is 14.3. The molecule has 0 bridgehead atoms. The predicted octanol–water partition coefficient (Wildman–Crippen LogP) is 4.67. The van der Waals surface area contributed by atoms with E-state index in [2.05, 4.69) is 25.6 Å². The van der Waals surface area contributed by atoms with Crippen molar-refractivity contribution in [1.29, 1.82) is 0 Å². The van der Waals surface area contributed by atoms with Gasteiger partial charge in [-0.05, 0) is 24.3 Å². The number of para-hydroxylation sites is 1. The fourth-order valence-electron chi connectivity index (χ4n) is 3.05. The van der Waals surface area contributed by atoms with E-state index in [0.29, 0.717) is 11.8 Å². The van der Waals surface area contributed by atoms with E-state index in [-0.39, 0.29) is 0 Å². The summed E-state index contributed by atoms with van der Waals surface area (Å²) in [6, 6.07) is 21.6. The van der Waals surface area contributed by atoms with Crippen LogP contribution in [0.1, 0.15) is 0 Å². The average Bonchev–Trinajstić information content (AvgIpc) is 3.35. The van der Waals surface area contributed by atoms with Crippen LogP contribution in [-0.4, -0.2) is 31.9 Å². The van der Waals surface area contributed by atoms with Crippen LogP contribution in [0.25, 0.3) is 27.5 Å². The molecule has 0 aliphatic carbocycles. The number of hydrogen-bond donors (Lipinski definition) is 1. The van der Waals surface area contributed by atoms with Gasteiger partial charge in [-0.25, -0.2) is 4.52 Å². The Morgan fingerprint density at radius 1 is 0.931 bits per heavy atom. The molecule has 5 aromatic rings. The maximum absolute atomic E-state index is 5.48. The van der Waals surface area contributed by atoms with E-state index >= 15 is 0 Å². The Balaban J connectivity index is 1.43. The Kier molecular flexibility index (Phi) is 4.38. The molecule has 3 aromatic heterocycles. The molecule has 5 rings (SSSR count). The minimum atomic E-state index is 0.467. The van der Waals surface area contributed by atoms with E-state index in [0.717, 1.165) is 33.2 Å². The number of ether oxygens (including phenoxy) is 1. The molecule has 0 spiro atoms. The number of fused-ring (bicyclic) bond motifs is 1. The van der Waals surface area contributed by atoms with Crippen LogP contribution in [0.4, 0.5) is 11.8 Å². The number of nitrogens with one attached hydrogen (secondary N) is 1. The first-order valence-electron chi connectivity index (χ1n) is 8.95. The minimum absolute atomic E-state index is 0.467. The van der Waals surface area contributed by atoms with Crippen LogP contribution in [0.15, 0.2) is 72.1 Å². The van der Waals surface area contributed by atoms with E-state index in [1.54, 1.807) is 11.6 Å². The zero-order valence-corrected chi connectivity index (χ0v) is 16.3.